The fourth-order valence-corrected chi connectivity index (χ4v) is 5.15. The Bertz CT molecular complexity index is 215. The Hall–Kier alpha value is 0.620. The maximum atomic E-state index is 5.91. The molecule has 88 valence electrons. The van der Waals surface area contributed by atoms with E-state index in [9.17, 15) is 0 Å². The highest BCUT2D eigenvalue weighted by atomic mass is 32.2. The first kappa shape index (κ1) is 12.1. The number of hydrogen-bond acceptors (Lipinski definition) is 4. The topological polar surface area (TPSA) is 18.5 Å². The molecule has 2 heterocycles. The van der Waals surface area contributed by atoms with Crippen LogP contribution >= 0.6 is 23.5 Å². The van der Waals surface area contributed by atoms with E-state index in [0.29, 0.717) is 10.5 Å². The highest BCUT2D eigenvalue weighted by Gasteiger charge is 2.39. The third-order valence-corrected chi connectivity index (χ3v) is 6.28. The lowest BCUT2D eigenvalue weighted by Gasteiger charge is -2.30. The molecule has 2 rings (SSSR count). The molecule has 0 aromatic carbocycles. The fraction of sp³-hybridized carbons (Fsp3) is 1.00. The SMILES string of the molecule is C[C@H](C1SCCCS1)[C@@H]1COC(C)(C)O1. The minimum absolute atomic E-state index is 0.281. The number of thioether (sulfide) groups is 2. The van der Waals surface area contributed by atoms with Gasteiger partial charge in [0.15, 0.2) is 5.79 Å². The van der Waals surface area contributed by atoms with Crippen molar-refractivity contribution in [1.29, 1.82) is 0 Å². The van der Waals surface area contributed by atoms with E-state index in [1.807, 2.05) is 13.8 Å². The Kier molecular flexibility index (Phi) is 3.92. The van der Waals surface area contributed by atoms with Crippen molar-refractivity contribution in [3.63, 3.8) is 0 Å². The summed E-state index contributed by atoms with van der Waals surface area (Å²) >= 11 is 4.17. The van der Waals surface area contributed by atoms with Crippen LogP contribution in [-0.4, -0.2) is 34.6 Å². The standard InChI is InChI=1S/C11H20O2S2/c1-8(10-14-5-4-6-15-10)9-7-12-11(2,3)13-9/h8-10H,4-7H2,1-3H3/t8-,9-/m0/s1. The average molecular weight is 248 g/mol. The van der Waals surface area contributed by atoms with Gasteiger partial charge in [0.25, 0.3) is 0 Å². The van der Waals surface area contributed by atoms with Crippen molar-refractivity contribution in [3.8, 4) is 0 Å². The monoisotopic (exact) mass is 248 g/mol. The van der Waals surface area contributed by atoms with Gasteiger partial charge in [0, 0.05) is 5.92 Å². The molecule has 0 bridgehead atoms. The Morgan fingerprint density at radius 3 is 2.47 bits per heavy atom. The van der Waals surface area contributed by atoms with Crippen molar-refractivity contribution >= 4 is 23.5 Å². The first-order chi connectivity index (χ1) is 7.08. The van der Waals surface area contributed by atoms with E-state index >= 15 is 0 Å². The van der Waals surface area contributed by atoms with Crippen LogP contribution in [0.15, 0.2) is 0 Å². The van der Waals surface area contributed by atoms with Gasteiger partial charge in [-0.15, -0.1) is 23.5 Å². The van der Waals surface area contributed by atoms with E-state index in [-0.39, 0.29) is 11.9 Å². The van der Waals surface area contributed by atoms with Gasteiger partial charge in [0.1, 0.15) is 0 Å². The summed E-state index contributed by atoms with van der Waals surface area (Å²) in [4.78, 5) is 0. The summed E-state index contributed by atoms with van der Waals surface area (Å²) in [5.74, 6) is 2.82. The second-order valence-electron chi connectivity index (χ2n) is 4.69. The van der Waals surface area contributed by atoms with Crippen molar-refractivity contribution < 1.29 is 9.47 Å². The second-order valence-corrected chi connectivity index (χ2v) is 7.49. The van der Waals surface area contributed by atoms with Gasteiger partial charge >= 0.3 is 0 Å². The van der Waals surface area contributed by atoms with Crippen molar-refractivity contribution in [2.45, 2.75) is 43.7 Å². The van der Waals surface area contributed by atoms with E-state index in [2.05, 4.69) is 30.4 Å². The van der Waals surface area contributed by atoms with Crippen LogP contribution in [0.3, 0.4) is 0 Å². The van der Waals surface area contributed by atoms with Gasteiger partial charge in [-0.05, 0) is 31.8 Å². The molecule has 0 aromatic heterocycles. The van der Waals surface area contributed by atoms with E-state index in [1.54, 1.807) is 0 Å². The van der Waals surface area contributed by atoms with Crippen LogP contribution < -0.4 is 0 Å². The summed E-state index contributed by atoms with van der Waals surface area (Å²) in [6.07, 6.45) is 1.63. The van der Waals surface area contributed by atoms with Crippen LogP contribution in [0.5, 0.6) is 0 Å². The van der Waals surface area contributed by atoms with E-state index in [0.717, 1.165) is 6.61 Å². The summed E-state index contributed by atoms with van der Waals surface area (Å²) in [5.41, 5.74) is 0. The zero-order valence-electron chi connectivity index (χ0n) is 9.69. The summed E-state index contributed by atoms with van der Waals surface area (Å²) in [5, 5.41) is 0. The van der Waals surface area contributed by atoms with E-state index in [4.69, 9.17) is 9.47 Å². The minimum atomic E-state index is -0.372. The lowest BCUT2D eigenvalue weighted by molar-refractivity contribution is -0.143. The summed E-state index contributed by atoms with van der Waals surface area (Å²) < 4.78 is 12.2. The Morgan fingerprint density at radius 2 is 1.93 bits per heavy atom. The lowest BCUT2D eigenvalue weighted by Crippen LogP contribution is -2.31. The second kappa shape index (κ2) is 4.86. The van der Waals surface area contributed by atoms with Gasteiger partial charge in [-0.1, -0.05) is 6.92 Å². The van der Waals surface area contributed by atoms with E-state index in [1.165, 1.54) is 17.9 Å². The molecule has 0 spiro atoms. The summed E-state index contributed by atoms with van der Waals surface area (Å²) in [7, 11) is 0. The van der Waals surface area contributed by atoms with Crippen LogP contribution in [-0.2, 0) is 9.47 Å². The third-order valence-electron chi connectivity index (χ3n) is 2.90. The molecule has 4 heteroatoms. The normalized spacial score (nSPS) is 34.2. The van der Waals surface area contributed by atoms with Crippen LogP contribution in [0, 0.1) is 5.92 Å². The van der Waals surface area contributed by atoms with Crippen molar-refractivity contribution in [1.82, 2.24) is 0 Å². The Labute approximate surface area is 101 Å². The molecule has 2 saturated heterocycles. The molecule has 0 unspecified atom stereocenters. The molecule has 0 radical (unpaired) electrons. The maximum Gasteiger partial charge on any atom is 0.163 e. The smallest absolute Gasteiger partial charge is 0.163 e. The number of rotatable bonds is 2. The van der Waals surface area contributed by atoms with Gasteiger partial charge in [0.05, 0.1) is 17.3 Å². The first-order valence-electron chi connectivity index (χ1n) is 5.63. The van der Waals surface area contributed by atoms with Crippen LogP contribution in [0.25, 0.3) is 0 Å². The summed E-state index contributed by atoms with van der Waals surface area (Å²) in [6.45, 7) is 7.05. The van der Waals surface area contributed by atoms with Gasteiger partial charge in [-0.25, -0.2) is 0 Å². The number of hydrogen-bond donors (Lipinski definition) is 0. The largest absolute Gasteiger partial charge is 0.348 e. The van der Waals surface area contributed by atoms with Gasteiger partial charge < -0.3 is 9.47 Å². The molecule has 2 fully saturated rings. The zero-order valence-corrected chi connectivity index (χ0v) is 11.3. The molecule has 2 nitrogen and oxygen atoms in total. The van der Waals surface area contributed by atoms with Crippen LogP contribution in [0.1, 0.15) is 27.2 Å². The number of ether oxygens (including phenoxy) is 2. The highest BCUT2D eigenvalue weighted by Crippen LogP contribution is 2.40. The molecule has 0 N–H and O–H groups in total. The molecule has 2 aliphatic rings. The maximum absolute atomic E-state index is 5.91. The molecular weight excluding hydrogens is 228 g/mol. The van der Waals surface area contributed by atoms with Gasteiger partial charge in [-0.2, -0.15) is 0 Å². The average Bonchev–Trinajstić information content (AvgIpc) is 2.59. The zero-order chi connectivity index (χ0) is 10.9. The van der Waals surface area contributed by atoms with Crippen LogP contribution in [0.4, 0.5) is 0 Å². The lowest BCUT2D eigenvalue weighted by atomic mass is 10.1. The minimum Gasteiger partial charge on any atom is -0.348 e. The predicted octanol–water partition coefficient (Wildman–Crippen LogP) is 2.97. The molecule has 15 heavy (non-hydrogen) atoms. The van der Waals surface area contributed by atoms with Crippen molar-refractivity contribution in [2.75, 3.05) is 18.1 Å². The molecule has 0 aliphatic carbocycles. The van der Waals surface area contributed by atoms with Gasteiger partial charge in [0.2, 0.25) is 0 Å². The van der Waals surface area contributed by atoms with Gasteiger partial charge in [-0.3, -0.25) is 0 Å². The Balaban J connectivity index is 1.87. The third kappa shape index (κ3) is 3.05. The molecule has 0 amide bonds. The van der Waals surface area contributed by atoms with Crippen LogP contribution in [0.2, 0.25) is 0 Å². The van der Waals surface area contributed by atoms with Crippen molar-refractivity contribution in [2.24, 2.45) is 5.92 Å². The van der Waals surface area contributed by atoms with E-state index < -0.39 is 0 Å². The first-order valence-corrected chi connectivity index (χ1v) is 7.73. The summed E-state index contributed by atoms with van der Waals surface area (Å²) in [6, 6.07) is 0. The highest BCUT2D eigenvalue weighted by molar-refractivity contribution is 8.17. The fourth-order valence-electron chi connectivity index (χ4n) is 1.96. The quantitative estimate of drug-likeness (QED) is 0.747. The molecule has 2 aliphatic heterocycles. The molecular formula is C11H20O2S2. The molecule has 0 aromatic rings. The predicted molar refractivity (Wildman–Crippen MR) is 67.4 cm³/mol. The Morgan fingerprint density at radius 1 is 1.27 bits per heavy atom. The van der Waals surface area contributed by atoms with Crippen molar-refractivity contribution in [3.05, 3.63) is 0 Å². The molecule has 2 atom stereocenters. The molecule has 0 saturated carbocycles.